The molecule has 9 nitrogen and oxygen atoms in total. The fourth-order valence-corrected chi connectivity index (χ4v) is 4.42. The molecule has 2 N–H and O–H groups in total. The average Bonchev–Trinajstić information content (AvgIpc) is 3.32. The summed E-state index contributed by atoms with van der Waals surface area (Å²) in [6.45, 7) is 0.00299. The number of aromatic nitrogens is 2. The number of hydrogen-bond donors (Lipinski definition) is 2. The Hall–Kier alpha value is -4.31. The number of amides is 2. The number of hydrogen-bond acceptors (Lipinski definition) is 5. The van der Waals surface area contributed by atoms with E-state index in [0.29, 0.717) is 11.3 Å². The minimum atomic E-state index is -0.846. The van der Waals surface area contributed by atoms with Gasteiger partial charge in [0.05, 0.1) is 22.7 Å². The summed E-state index contributed by atoms with van der Waals surface area (Å²) in [7, 11) is 1.51. The Morgan fingerprint density at radius 2 is 1.76 bits per heavy atom. The number of carbonyl (C=O) groups is 2. The molecule has 10 heteroatoms. The summed E-state index contributed by atoms with van der Waals surface area (Å²) in [5.74, 6) is -0.863. The second-order valence-corrected chi connectivity index (χ2v) is 9.21. The van der Waals surface area contributed by atoms with Crippen LogP contribution < -0.4 is 10.6 Å². The normalized spacial score (nSPS) is 11.5. The molecule has 1 heterocycles. The number of nitrogens with one attached hydrogen (secondary N) is 2. The summed E-state index contributed by atoms with van der Waals surface area (Å²) in [4.78, 5) is 37.3. The van der Waals surface area contributed by atoms with E-state index < -0.39 is 16.9 Å². The molecule has 4 aromatic rings. The van der Waals surface area contributed by atoms with Gasteiger partial charge in [0.1, 0.15) is 11.7 Å². The summed E-state index contributed by atoms with van der Waals surface area (Å²) in [6, 6.07) is 23.9. The molecule has 37 heavy (non-hydrogen) atoms. The number of rotatable bonds is 9. The standard InChI is InChI=1S/C27H24BrN5O4/c1-29-26(34)23(15-18-8-7-12-21(28)14-18)30-27(35)25-16-22(19-9-3-2-4-10-19)31-32(25)17-20-11-5-6-13-24(20)33(36)37/h2-14,16,23H,15,17H2,1H3,(H,29,34)(H,30,35). The van der Waals surface area contributed by atoms with Crippen molar-refractivity contribution in [3.63, 3.8) is 0 Å². The molecule has 0 aliphatic rings. The van der Waals surface area contributed by atoms with Gasteiger partial charge in [-0.3, -0.25) is 24.4 Å². The third-order valence-electron chi connectivity index (χ3n) is 5.79. The molecule has 188 valence electrons. The second kappa shape index (κ2) is 11.6. The fourth-order valence-electron chi connectivity index (χ4n) is 3.97. The van der Waals surface area contributed by atoms with Crippen molar-refractivity contribution in [2.45, 2.75) is 19.0 Å². The van der Waals surface area contributed by atoms with Gasteiger partial charge in [0.2, 0.25) is 5.91 Å². The lowest BCUT2D eigenvalue weighted by Gasteiger charge is -2.18. The highest BCUT2D eigenvalue weighted by atomic mass is 79.9. The molecule has 1 aromatic heterocycles. The third-order valence-corrected chi connectivity index (χ3v) is 6.28. The van der Waals surface area contributed by atoms with Gasteiger partial charge < -0.3 is 10.6 Å². The highest BCUT2D eigenvalue weighted by Gasteiger charge is 2.25. The lowest BCUT2D eigenvalue weighted by Crippen LogP contribution is -2.47. The van der Waals surface area contributed by atoms with Crippen LogP contribution in [-0.2, 0) is 17.8 Å². The smallest absolute Gasteiger partial charge is 0.274 e. The maximum Gasteiger partial charge on any atom is 0.274 e. The molecular weight excluding hydrogens is 538 g/mol. The van der Waals surface area contributed by atoms with Crippen LogP contribution in [0.15, 0.2) is 89.4 Å². The Morgan fingerprint density at radius 1 is 1.03 bits per heavy atom. The van der Waals surface area contributed by atoms with Crippen LogP contribution in [0.2, 0.25) is 0 Å². The topological polar surface area (TPSA) is 119 Å². The van der Waals surface area contributed by atoms with E-state index in [0.717, 1.165) is 15.6 Å². The van der Waals surface area contributed by atoms with Gasteiger partial charge in [-0.25, -0.2) is 0 Å². The Bertz CT molecular complexity index is 1440. The number of nitro groups is 1. The van der Waals surface area contributed by atoms with Crippen molar-refractivity contribution in [1.29, 1.82) is 0 Å². The van der Waals surface area contributed by atoms with Crippen molar-refractivity contribution in [2.75, 3.05) is 7.05 Å². The van der Waals surface area contributed by atoms with Crippen molar-refractivity contribution >= 4 is 33.4 Å². The van der Waals surface area contributed by atoms with Crippen molar-refractivity contribution in [3.05, 3.63) is 116 Å². The number of carbonyl (C=O) groups excluding carboxylic acids is 2. The predicted octanol–water partition coefficient (Wildman–Crippen LogP) is 4.36. The lowest BCUT2D eigenvalue weighted by molar-refractivity contribution is -0.385. The van der Waals surface area contributed by atoms with E-state index in [-0.39, 0.29) is 30.3 Å². The van der Waals surface area contributed by atoms with Gasteiger partial charge in [-0.2, -0.15) is 5.10 Å². The average molecular weight is 562 g/mol. The van der Waals surface area contributed by atoms with Crippen molar-refractivity contribution in [3.8, 4) is 11.3 Å². The minimum Gasteiger partial charge on any atom is -0.357 e. The summed E-state index contributed by atoms with van der Waals surface area (Å²) in [6.07, 6.45) is 0.273. The van der Waals surface area contributed by atoms with E-state index in [1.54, 1.807) is 24.3 Å². The van der Waals surface area contributed by atoms with Crippen LogP contribution in [-0.4, -0.2) is 39.6 Å². The molecule has 3 aromatic carbocycles. The van der Waals surface area contributed by atoms with Crippen LogP contribution in [0.5, 0.6) is 0 Å². The van der Waals surface area contributed by atoms with Gasteiger partial charge in [0, 0.05) is 29.6 Å². The molecule has 0 aliphatic heterocycles. The lowest BCUT2D eigenvalue weighted by atomic mass is 10.0. The first-order valence-electron chi connectivity index (χ1n) is 11.5. The first-order chi connectivity index (χ1) is 17.9. The van der Waals surface area contributed by atoms with Crippen LogP contribution in [0.25, 0.3) is 11.3 Å². The zero-order chi connectivity index (χ0) is 26.4. The molecule has 1 unspecified atom stereocenters. The predicted molar refractivity (Wildman–Crippen MR) is 143 cm³/mol. The molecule has 0 fully saturated rings. The van der Waals surface area contributed by atoms with Gasteiger partial charge in [0.15, 0.2) is 0 Å². The van der Waals surface area contributed by atoms with E-state index in [9.17, 15) is 19.7 Å². The number of halogens is 1. The van der Waals surface area contributed by atoms with Gasteiger partial charge in [-0.1, -0.05) is 76.6 Å². The molecular formula is C27H24BrN5O4. The minimum absolute atomic E-state index is 0.00299. The molecule has 1 atom stereocenters. The monoisotopic (exact) mass is 561 g/mol. The summed E-state index contributed by atoms with van der Waals surface area (Å²) >= 11 is 3.43. The van der Waals surface area contributed by atoms with Crippen LogP contribution >= 0.6 is 15.9 Å². The zero-order valence-corrected chi connectivity index (χ0v) is 21.5. The molecule has 0 aliphatic carbocycles. The van der Waals surface area contributed by atoms with Gasteiger partial charge >= 0.3 is 0 Å². The molecule has 0 radical (unpaired) electrons. The van der Waals surface area contributed by atoms with E-state index in [1.807, 2.05) is 54.6 Å². The molecule has 0 saturated carbocycles. The molecule has 0 bridgehead atoms. The van der Waals surface area contributed by atoms with Crippen LogP contribution in [0.3, 0.4) is 0 Å². The highest BCUT2D eigenvalue weighted by molar-refractivity contribution is 9.10. The first-order valence-corrected chi connectivity index (χ1v) is 12.3. The summed E-state index contributed by atoms with van der Waals surface area (Å²) in [5.41, 5.74) is 2.70. The van der Waals surface area contributed by atoms with Crippen LogP contribution in [0.4, 0.5) is 5.69 Å². The third kappa shape index (κ3) is 6.28. The Labute approximate surface area is 221 Å². The molecule has 4 rings (SSSR count). The number of para-hydroxylation sites is 1. The number of nitrogens with zero attached hydrogens (tertiary/aromatic N) is 3. The molecule has 2 amide bonds. The first kappa shape index (κ1) is 25.8. The summed E-state index contributed by atoms with van der Waals surface area (Å²) in [5, 5.41) is 21.6. The maximum absolute atomic E-state index is 13.5. The van der Waals surface area contributed by atoms with Gasteiger partial charge in [0.25, 0.3) is 11.6 Å². The van der Waals surface area contributed by atoms with E-state index in [2.05, 4.69) is 31.7 Å². The SMILES string of the molecule is CNC(=O)C(Cc1cccc(Br)c1)NC(=O)c1cc(-c2ccccc2)nn1Cc1ccccc1[N+](=O)[O-]. The van der Waals surface area contributed by atoms with Crippen molar-refractivity contribution in [2.24, 2.45) is 0 Å². The van der Waals surface area contributed by atoms with Crippen LogP contribution in [0.1, 0.15) is 21.6 Å². The largest absolute Gasteiger partial charge is 0.357 e. The van der Waals surface area contributed by atoms with Gasteiger partial charge in [-0.05, 0) is 23.8 Å². The quantitative estimate of drug-likeness (QED) is 0.232. The maximum atomic E-state index is 13.5. The van der Waals surface area contributed by atoms with Crippen molar-refractivity contribution in [1.82, 2.24) is 20.4 Å². The van der Waals surface area contributed by atoms with Crippen molar-refractivity contribution < 1.29 is 14.5 Å². The Kier molecular flexibility index (Phi) is 8.09. The van der Waals surface area contributed by atoms with E-state index in [4.69, 9.17) is 0 Å². The Morgan fingerprint density at radius 3 is 2.46 bits per heavy atom. The second-order valence-electron chi connectivity index (χ2n) is 8.30. The highest BCUT2D eigenvalue weighted by Crippen LogP contribution is 2.23. The van der Waals surface area contributed by atoms with E-state index in [1.165, 1.54) is 17.8 Å². The summed E-state index contributed by atoms with van der Waals surface area (Å²) < 4.78 is 2.29. The van der Waals surface area contributed by atoms with Gasteiger partial charge in [-0.15, -0.1) is 0 Å². The number of nitro benzene ring substituents is 1. The van der Waals surface area contributed by atoms with E-state index >= 15 is 0 Å². The molecule has 0 saturated heterocycles. The number of likely N-dealkylation sites (N-methyl/N-ethyl adjacent to an activating group) is 1. The van der Waals surface area contributed by atoms with Crippen LogP contribution in [0, 0.1) is 10.1 Å². The number of benzene rings is 3. The Balaban J connectivity index is 1.69. The zero-order valence-electron chi connectivity index (χ0n) is 19.9. The fraction of sp³-hybridized carbons (Fsp3) is 0.148. The molecule has 0 spiro atoms.